The van der Waals surface area contributed by atoms with Crippen LogP contribution in [0.1, 0.15) is 20.8 Å². The van der Waals surface area contributed by atoms with E-state index >= 15 is 0 Å². The lowest BCUT2D eigenvalue weighted by Gasteiger charge is -2.27. The highest BCUT2D eigenvalue weighted by atomic mass is 32.2. The van der Waals surface area contributed by atoms with Gasteiger partial charge in [-0.2, -0.15) is 10.4 Å². The minimum atomic E-state index is -0.925. The maximum Gasteiger partial charge on any atom is 0.231 e. The van der Waals surface area contributed by atoms with Crippen LogP contribution in [-0.2, 0) is 4.79 Å². The molecule has 1 amide bonds. The number of rotatable bonds is 6. The number of aromatic nitrogens is 4. The molecule has 0 unspecified atom stereocenters. The van der Waals surface area contributed by atoms with Crippen LogP contribution in [-0.4, -0.2) is 36.9 Å². The van der Waals surface area contributed by atoms with Crippen LogP contribution in [0.25, 0.3) is 16.7 Å². The van der Waals surface area contributed by atoms with E-state index in [4.69, 9.17) is 0 Å². The molecule has 0 aliphatic heterocycles. The Bertz CT molecular complexity index is 1040. The van der Waals surface area contributed by atoms with Gasteiger partial charge >= 0.3 is 0 Å². The van der Waals surface area contributed by atoms with Gasteiger partial charge in [0.1, 0.15) is 22.7 Å². The van der Waals surface area contributed by atoms with E-state index in [9.17, 15) is 14.4 Å². The van der Waals surface area contributed by atoms with E-state index in [1.807, 2.05) is 13.8 Å². The molecule has 3 aromatic rings. The number of amides is 1. The predicted molar refractivity (Wildman–Crippen MR) is 104 cm³/mol. The molecule has 0 aliphatic rings. The van der Waals surface area contributed by atoms with Gasteiger partial charge in [0, 0.05) is 0 Å². The van der Waals surface area contributed by atoms with Gasteiger partial charge in [-0.3, -0.25) is 4.79 Å². The van der Waals surface area contributed by atoms with Gasteiger partial charge in [-0.15, -0.1) is 0 Å². The lowest BCUT2D eigenvalue weighted by Crippen LogP contribution is -2.49. The highest BCUT2D eigenvalue weighted by Gasteiger charge is 2.30. The molecule has 1 aromatic carbocycles. The van der Waals surface area contributed by atoms with Crippen LogP contribution in [0.15, 0.2) is 41.8 Å². The molecule has 0 saturated carbocycles. The van der Waals surface area contributed by atoms with Crippen molar-refractivity contribution in [1.29, 1.82) is 5.26 Å². The number of carbonyl (C=O) groups excluding carboxylic acids is 1. The zero-order valence-corrected chi connectivity index (χ0v) is 16.5. The number of carbonyl (C=O) groups is 1. The summed E-state index contributed by atoms with van der Waals surface area (Å²) < 4.78 is 14.7. The minimum Gasteiger partial charge on any atom is -0.337 e. The second kappa shape index (κ2) is 7.94. The number of hydrogen-bond donors (Lipinski definition) is 1. The molecule has 9 heteroatoms. The first-order chi connectivity index (χ1) is 13.3. The summed E-state index contributed by atoms with van der Waals surface area (Å²) in [5, 5.41) is 17.7. The van der Waals surface area contributed by atoms with Crippen molar-refractivity contribution >= 4 is 28.7 Å². The molecule has 1 N–H and O–H groups in total. The van der Waals surface area contributed by atoms with Crippen LogP contribution < -0.4 is 5.32 Å². The molecule has 2 aromatic heterocycles. The van der Waals surface area contributed by atoms with E-state index < -0.39 is 5.54 Å². The molecule has 28 heavy (non-hydrogen) atoms. The second-order valence-electron chi connectivity index (χ2n) is 6.75. The number of thioether (sulfide) groups is 1. The van der Waals surface area contributed by atoms with Gasteiger partial charge in [0.2, 0.25) is 5.91 Å². The van der Waals surface area contributed by atoms with Crippen LogP contribution >= 0.6 is 11.8 Å². The summed E-state index contributed by atoms with van der Waals surface area (Å²) in [6, 6.07) is 8.08. The zero-order chi connectivity index (χ0) is 20.3. The number of nitrogens with one attached hydrogen (secondary N) is 1. The largest absolute Gasteiger partial charge is 0.337 e. The topological polar surface area (TPSA) is 96.5 Å². The number of fused-ring (bicyclic) bond motifs is 1. The van der Waals surface area contributed by atoms with E-state index in [1.165, 1.54) is 30.2 Å². The van der Waals surface area contributed by atoms with Crippen LogP contribution in [0.3, 0.4) is 0 Å². The van der Waals surface area contributed by atoms with Crippen LogP contribution in [0.2, 0.25) is 0 Å². The maximum atomic E-state index is 13.2. The Morgan fingerprint density at radius 2 is 2.07 bits per heavy atom. The quantitative estimate of drug-likeness (QED) is 0.506. The summed E-state index contributed by atoms with van der Waals surface area (Å²) in [6.07, 6.45) is 3.02. The minimum absolute atomic E-state index is 0.0221. The van der Waals surface area contributed by atoms with Crippen molar-refractivity contribution in [2.45, 2.75) is 31.3 Å². The van der Waals surface area contributed by atoms with Gasteiger partial charge in [-0.1, -0.05) is 25.6 Å². The van der Waals surface area contributed by atoms with Crippen molar-refractivity contribution in [3.63, 3.8) is 0 Å². The fraction of sp³-hybridized carbons (Fsp3) is 0.316. The number of nitrogens with zero attached hydrogens (tertiary/aromatic N) is 5. The van der Waals surface area contributed by atoms with E-state index in [2.05, 4.69) is 26.5 Å². The van der Waals surface area contributed by atoms with E-state index in [1.54, 1.807) is 29.9 Å². The molecule has 0 bridgehead atoms. The summed E-state index contributed by atoms with van der Waals surface area (Å²) >= 11 is 1.25. The molecule has 3 rings (SSSR count). The standard InChI is InChI=1S/C19H19FN6OS/c1-12(2)19(3,10-21)25-16(27)9-28-18-15-8-24-26(17(15)22-11-23-18)14-6-4-13(20)5-7-14/h4-8,11-12H,9H2,1-3H3,(H,25,27)/t19-/m0/s1. The molecule has 0 fully saturated rings. The lowest BCUT2D eigenvalue weighted by molar-refractivity contribution is -0.120. The van der Waals surface area contributed by atoms with Gasteiger partial charge in [0.25, 0.3) is 0 Å². The average molecular weight is 398 g/mol. The molecule has 0 radical (unpaired) electrons. The fourth-order valence-electron chi connectivity index (χ4n) is 2.47. The molecule has 0 saturated heterocycles. The SMILES string of the molecule is CC(C)[C@](C)(C#N)NC(=O)CSc1ncnc2c1cnn2-c1ccc(F)cc1. The Hall–Kier alpha value is -2.99. The van der Waals surface area contributed by atoms with Crippen molar-refractivity contribution < 1.29 is 9.18 Å². The first-order valence-corrected chi connectivity index (χ1v) is 9.62. The summed E-state index contributed by atoms with van der Waals surface area (Å²) in [5.74, 6) is -0.493. The summed E-state index contributed by atoms with van der Waals surface area (Å²) in [6.45, 7) is 5.47. The van der Waals surface area contributed by atoms with Gasteiger partial charge in [-0.05, 0) is 37.1 Å². The first kappa shape index (κ1) is 19.8. The highest BCUT2D eigenvalue weighted by Crippen LogP contribution is 2.26. The molecule has 2 heterocycles. The average Bonchev–Trinajstić information content (AvgIpc) is 3.11. The number of hydrogen-bond acceptors (Lipinski definition) is 6. The molecular formula is C19H19FN6OS. The van der Waals surface area contributed by atoms with E-state index in [0.29, 0.717) is 21.7 Å². The molecule has 7 nitrogen and oxygen atoms in total. The van der Waals surface area contributed by atoms with Crippen molar-refractivity contribution in [2.24, 2.45) is 5.92 Å². The zero-order valence-electron chi connectivity index (χ0n) is 15.7. The van der Waals surface area contributed by atoms with Crippen molar-refractivity contribution in [1.82, 2.24) is 25.1 Å². The first-order valence-electron chi connectivity index (χ1n) is 8.64. The highest BCUT2D eigenvalue weighted by molar-refractivity contribution is 8.00. The molecule has 0 spiro atoms. The Labute approximate surface area is 166 Å². The van der Waals surface area contributed by atoms with Gasteiger partial charge in [-0.25, -0.2) is 19.0 Å². The third kappa shape index (κ3) is 3.97. The Kier molecular flexibility index (Phi) is 5.61. The van der Waals surface area contributed by atoms with Crippen molar-refractivity contribution in [3.8, 4) is 11.8 Å². The van der Waals surface area contributed by atoms with E-state index in [0.717, 1.165) is 0 Å². The monoisotopic (exact) mass is 398 g/mol. The Morgan fingerprint density at radius 1 is 1.36 bits per heavy atom. The van der Waals surface area contributed by atoms with Crippen LogP contribution in [0.5, 0.6) is 0 Å². The van der Waals surface area contributed by atoms with Gasteiger partial charge in [0.15, 0.2) is 5.65 Å². The molecule has 144 valence electrons. The predicted octanol–water partition coefficient (Wildman–Crippen LogP) is 3.10. The number of halogens is 1. The number of benzene rings is 1. The molecule has 1 atom stereocenters. The van der Waals surface area contributed by atoms with Gasteiger partial charge in [0.05, 0.1) is 29.1 Å². The Balaban J connectivity index is 1.79. The van der Waals surface area contributed by atoms with Gasteiger partial charge < -0.3 is 5.32 Å². The maximum absolute atomic E-state index is 13.2. The smallest absolute Gasteiger partial charge is 0.231 e. The molecular weight excluding hydrogens is 379 g/mol. The normalized spacial score (nSPS) is 13.3. The third-order valence-electron chi connectivity index (χ3n) is 4.53. The lowest BCUT2D eigenvalue weighted by atomic mass is 9.90. The fourth-order valence-corrected chi connectivity index (χ4v) is 3.23. The summed E-state index contributed by atoms with van der Waals surface area (Å²) in [7, 11) is 0. The van der Waals surface area contributed by atoms with E-state index in [-0.39, 0.29) is 23.4 Å². The third-order valence-corrected chi connectivity index (χ3v) is 5.53. The summed E-state index contributed by atoms with van der Waals surface area (Å²) in [5.41, 5.74) is 0.311. The Morgan fingerprint density at radius 3 is 2.71 bits per heavy atom. The molecule has 0 aliphatic carbocycles. The van der Waals surface area contributed by atoms with Crippen molar-refractivity contribution in [3.05, 3.63) is 42.6 Å². The second-order valence-corrected chi connectivity index (χ2v) is 7.72. The summed E-state index contributed by atoms with van der Waals surface area (Å²) in [4.78, 5) is 20.8. The van der Waals surface area contributed by atoms with Crippen molar-refractivity contribution in [2.75, 3.05) is 5.75 Å². The van der Waals surface area contributed by atoms with Crippen LogP contribution in [0, 0.1) is 23.1 Å². The van der Waals surface area contributed by atoms with Crippen LogP contribution in [0.4, 0.5) is 4.39 Å². The number of nitriles is 1.